The number of nitrogens with one attached hydrogen (secondary N) is 3. The van der Waals surface area contributed by atoms with Crippen molar-refractivity contribution < 1.29 is 4.79 Å². The summed E-state index contributed by atoms with van der Waals surface area (Å²) in [7, 11) is 0. The van der Waals surface area contributed by atoms with Crippen LogP contribution in [-0.2, 0) is 0 Å². The molecule has 8 heteroatoms. The van der Waals surface area contributed by atoms with E-state index in [-0.39, 0.29) is 11.6 Å². The summed E-state index contributed by atoms with van der Waals surface area (Å²) in [5, 5.41) is 6.82. The van der Waals surface area contributed by atoms with Crippen LogP contribution in [0.4, 0.5) is 0 Å². The van der Waals surface area contributed by atoms with Gasteiger partial charge in [-0.1, -0.05) is 18.2 Å². The van der Waals surface area contributed by atoms with Crippen molar-refractivity contribution in [1.82, 2.24) is 26.0 Å². The molecule has 3 aromatic heterocycles. The molecule has 0 spiro atoms. The maximum atomic E-state index is 12.1. The summed E-state index contributed by atoms with van der Waals surface area (Å²) in [6.45, 7) is 3.85. The molecule has 0 aliphatic rings. The smallest absolute Gasteiger partial charge is 0.290 e. The van der Waals surface area contributed by atoms with Gasteiger partial charge in [0.2, 0.25) is 0 Å². The van der Waals surface area contributed by atoms with E-state index >= 15 is 0 Å². The van der Waals surface area contributed by atoms with Gasteiger partial charge in [0.25, 0.3) is 5.91 Å². The maximum absolute atomic E-state index is 12.1. The highest BCUT2D eigenvalue weighted by Gasteiger charge is 2.12. The third-order valence-electron chi connectivity index (χ3n) is 3.00. The lowest BCUT2D eigenvalue weighted by Crippen LogP contribution is -2.36. The first-order valence-corrected chi connectivity index (χ1v) is 7.80. The molecule has 0 aromatic carbocycles. The summed E-state index contributed by atoms with van der Waals surface area (Å²) < 4.78 is 0.677. The van der Waals surface area contributed by atoms with Crippen LogP contribution in [0.5, 0.6) is 0 Å². The molecular weight excluding hydrogens is 334 g/mol. The number of H-pyrrole nitrogens is 1. The van der Waals surface area contributed by atoms with Crippen molar-refractivity contribution in [2.75, 3.05) is 0 Å². The highest BCUT2D eigenvalue weighted by molar-refractivity contribution is 7.19. The molecule has 0 bridgehead atoms. The molecule has 0 fully saturated rings. The fraction of sp³-hybridized carbons (Fsp3) is 0. The minimum Gasteiger partial charge on any atom is -0.298 e. The van der Waals surface area contributed by atoms with E-state index < -0.39 is 0 Å². The van der Waals surface area contributed by atoms with E-state index in [1.54, 1.807) is 36.7 Å². The summed E-state index contributed by atoms with van der Waals surface area (Å²) in [4.78, 5) is 16.9. The number of carbonyl (C=O) groups is 1. The zero-order valence-corrected chi connectivity index (χ0v) is 13.4. The molecule has 23 heavy (non-hydrogen) atoms. The van der Waals surface area contributed by atoms with Crippen LogP contribution < -0.4 is 10.9 Å². The van der Waals surface area contributed by atoms with Gasteiger partial charge in [-0.15, -0.1) is 11.3 Å². The van der Waals surface area contributed by atoms with Gasteiger partial charge >= 0.3 is 0 Å². The number of pyridine rings is 1. The van der Waals surface area contributed by atoms with E-state index in [0.717, 1.165) is 16.1 Å². The zero-order valence-electron chi connectivity index (χ0n) is 11.8. The molecule has 0 saturated carbocycles. The van der Waals surface area contributed by atoms with Crippen LogP contribution >= 0.6 is 22.9 Å². The van der Waals surface area contributed by atoms with E-state index in [2.05, 4.69) is 32.6 Å². The Labute approximate surface area is 141 Å². The van der Waals surface area contributed by atoms with Gasteiger partial charge in [0.1, 0.15) is 0 Å². The minimum absolute atomic E-state index is 0.263. The lowest BCUT2D eigenvalue weighted by molar-refractivity contribution is 0.0937. The van der Waals surface area contributed by atoms with Crippen molar-refractivity contribution >= 4 is 34.5 Å². The second kappa shape index (κ2) is 6.64. The molecule has 0 unspecified atom stereocenters. The first kappa shape index (κ1) is 15.3. The second-order valence-electron chi connectivity index (χ2n) is 4.56. The van der Waals surface area contributed by atoms with Gasteiger partial charge in [0, 0.05) is 18.0 Å². The molecule has 116 valence electrons. The number of aromatic nitrogens is 3. The van der Waals surface area contributed by atoms with Crippen LogP contribution in [0, 0.1) is 0 Å². The van der Waals surface area contributed by atoms with E-state index in [0.29, 0.717) is 10.0 Å². The van der Waals surface area contributed by atoms with Crippen molar-refractivity contribution in [1.29, 1.82) is 0 Å². The standard InChI is InChI=1S/C15H12ClN5OS/c1-9(10-4-6-17-7-5-10)18-21-15(22)12-8-11(19-20-12)13-2-3-14(16)23-13/h2-8,18H,1H2,(H,19,20)(H,21,22). The van der Waals surface area contributed by atoms with E-state index in [1.807, 2.05) is 6.07 Å². The summed E-state index contributed by atoms with van der Waals surface area (Å²) in [6.07, 6.45) is 3.30. The van der Waals surface area contributed by atoms with Crippen molar-refractivity contribution in [2.24, 2.45) is 0 Å². The van der Waals surface area contributed by atoms with Gasteiger partial charge < -0.3 is 0 Å². The quantitative estimate of drug-likeness (QED) is 0.620. The molecule has 0 aliphatic heterocycles. The molecule has 0 saturated heterocycles. The number of halogens is 1. The van der Waals surface area contributed by atoms with Gasteiger partial charge in [-0.05, 0) is 30.3 Å². The minimum atomic E-state index is -0.370. The maximum Gasteiger partial charge on any atom is 0.290 e. The first-order valence-electron chi connectivity index (χ1n) is 6.60. The average molecular weight is 346 g/mol. The molecule has 3 rings (SSSR count). The molecule has 3 heterocycles. The van der Waals surface area contributed by atoms with Gasteiger partial charge in [0.15, 0.2) is 5.69 Å². The molecule has 6 nitrogen and oxygen atoms in total. The molecule has 3 aromatic rings. The van der Waals surface area contributed by atoms with Crippen molar-refractivity contribution in [3.05, 3.63) is 64.9 Å². The molecule has 1 amide bonds. The number of aromatic amines is 1. The van der Waals surface area contributed by atoms with Crippen molar-refractivity contribution in [3.63, 3.8) is 0 Å². The largest absolute Gasteiger partial charge is 0.298 e. The average Bonchev–Trinajstić information content (AvgIpc) is 3.22. The van der Waals surface area contributed by atoms with Crippen LogP contribution in [0.15, 0.2) is 49.3 Å². The fourth-order valence-corrected chi connectivity index (χ4v) is 2.85. The number of hydrazine groups is 1. The van der Waals surface area contributed by atoms with E-state index in [9.17, 15) is 4.79 Å². The Morgan fingerprint density at radius 3 is 2.70 bits per heavy atom. The predicted octanol–water partition coefficient (Wildman–Crippen LogP) is 3.09. The van der Waals surface area contributed by atoms with Crippen molar-refractivity contribution in [3.8, 4) is 10.6 Å². The fourth-order valence-electron chi connectivity index (χ4n) is 1.84. The molecular formula is C15H12ClN5OS. The normalized spacial score (nSPS) is 10.3. The second-order valence-corrected chi connectivity index (χ2v) is 6.28. The van der Waals surface area contributed by atoms with Gasteiger partial charge in [-0.2, -0.15) is 5.10 Å². The summed E-state index contributed by atoms with van der Waals surface area (Å²) in [6, 6.07) is 8.89. The topological polar surface area (TPSA) is 82.7 Å². The number of hydrogen-bond donors (Lipinski definition) is 3. The van der Waals surface area contributed by atoms with E-state index in [4.69, 9.17) is 11.6 Å². The van der Waals surface area contributed by atoms with Crippen LogP contribution in [0.3, 0.4) is 0 Å². The van der Waals surface area contributed by atoms with Gasteiger partial charge in [-0.25, -0.2) is 0 Å². The number of carbonyl (C=O) groups excluding carboxylic acids is 1. The number of thiophene rings is 1. The lowest BCUT2D eigenvalue weighted by Gasteiger charge is -2.09. The third-order valence-corrected chi connectivity index (χ3v) is 4.27. The van der Waals surface area contributed by atoms with Crippen LogP contribution in [-0.4, -0.2) is 21.1 Å². The van der Waals surface area contributed by atoms with Gasteiger partial charge in [0.05, 0.1) is 20.6 Å². The van der Waals surface area contributed by atoms with Crippen LogP contribution in [0.25, 0.3) is 16.3 Å². The third kappa shape index (κ3) is 3.58. The summed E-state index contributed by atoms with van der Waals surface area (Å²) in [5.41, 5.74) is 7.70. The molecule has 3 N–H and O–H groups in total. The number of hydrogen-bond acceptors (Lipinski definition) is 5. The zero-order chi connectivity index (χ0) is 16.2. The Kier molecular flexibility index (Phi) is 4.40. The highest BCUT2D eigenvalue weighted by atomic mass is 35.5. The molecule has 0 aliphatic carbocycles. The summed E-state index contributed by atoms with van der Waals surface area (Å²) >= 11 is 7.31. The number of nitrogens with zero attached hydrogens (tertiary/aromatic N) is 2. The Hall–Kier alpha value is -2.64. The Morgan fingerprint density at radius 1 is 1.22 bits per heavy atom. The summed E-state index contributed by atoms with van der Waals surface area (Å²) in [5.74, 6) is -0.370. The number of rotatable bonds is 5. The molecule has 0 radical (unpaired) electrons. The Morgan fingerprint density at radius 2 is 2.00 bits per heavy atom. The Balaban J connectivity index is 1.63. The monoisotopic (exact) mass is 345 g/mol. The first-order chi connectivity index (χ1) is 11.1. The molecule has 0 atom stereocenters. The SMILES string of the molecule is C=C(NNC(=O)c1cc(-c2ccc(Cl)s2)[nH]n1)c1ccncc1. The Bertz CT molecular complexity index is 842. The van der Waals surface area contributed by atoms with Crippen LogP contribution in [0.1, 0.15) is 16.1 Å². The van der Waals surface area contributed by atoms with Gasteiger partial charge in [-0.3, -0.25) is 25.7 Å². The highest BCUT2D eigenvalue weighted by Crippen LogP contribution is 2.29. The van der Waals surface area contributed by atoms with Crippen molar-refractivity contribution in [2.45, 2.75) is 0 Å². The van der Waals surface area contributed by atoms with E-state index in [1.165, 1.54) is 11.3 Å². The lowest BCUT2D eigenvalue weighted by atomic mass is 10.2. The number of amides is 1. The predicted molar refractivity (Wildman–Crippen MR) is 90.8 cm³/mol. The van der Waals surface area contributed by atoms with Crippen LogP contribution in [0.2, 0.25) is 4.34 Å².